The number of hydrogen-bond donors (Lipinski definition) is 0. The highest BCUT2D eigenvalue weighted by Crippen LogP contribution is 2.33. The van der Waals surface area contributed by atoms with Gasteiger partial charge in [0.25, 0.3) is 0 Å². The number of imidazole rings is 1. The molecule has 0 radical (unpaired) electrons. The fourth-order valence-corrected chi connectivity index (χ4v) is 4.18. The van der Waals surface area contributed by atoms with E-state index in [4.69, 9.17) is 0 Å². The van der Waals surface area contributed by atoms with Gasteiger partial charge in [0.05, 0.1) is 23.9 Å². The zero-order valence-corrected chi connectivity index (χ0v) is 14.1. The van der Waals surface area contributed by atoms with Gasteiger partial charge in [-0.25, -0.2) is 4.98 Å². The molecule has 5 rings (SSSR count). The molecule has 6 heteroatoms. The van der Waals surface area contributed by atoms with E-state index < -0.39 is 0 Å². The van der Waals surface area contributed by atoms with Gasteiger partial charge in [-0.05, 0) is 37.8 Å². The van der Waals surface area contributed by atoms with Crippen molar-refractivity contribution in [2.24, 2.45) is 7.05 Å². The van der Waals surface area contributed by atoms with E-state index in [0.29, 0.717) is 0 Å². The highest BCUT2D eigenvalue weighted by molar-refractivity contribution is 5.85. The highest BCUT2D eigenvalue weighted by Gasteiger charge is 2.23. The van der Waals surface area contributed by atoms with Crippen LogP contribution in [0, 0.1) is 0 Å². The van der Waals surface area contributed by atoms with Crippen LogP contribution in [0.25, 0.3) is 11.0 Å². The molecule has 0 saturated heterocycles. The average Bonchev–Trinajstić information content (AvgIpc) is 3.20. The minimum atomic E-state index is 0.846. The molecule has 0 N–H and O–H groups in total. The predicted molar refractivity (Wildman–Crippen MR) is 93.0 cm³/mol. The molecule has 0 atom stereocenters. The van der Waals surface area contributed by atoms with Gasteiger partial charge in [-0.15, -0.1) is 10.2 Å². The summed E-state index contributed by atoms with van der Waals surface area (Å²) in [4.78, 5) is 7.09. The van der Waals surface area contributed by atoms with E-state index in [2.05, 4.69) is 48.4 Å². The summed E-state index contributed by atoms with van der Waals surface area (Å²) < 4.78 is 4.43. The van der Waals surface area contributed by atoms with Crippen molar-refractivity contribution in [1.82, 2.24) is 24.3 Å². The summed E-state index contributed by atoms with van der Waals surface area (Å²) in [6.45, 7) is 2.99. The molecular formula is C18H22N6. The Balaban J connectivity index is 1.53. The molecule has 0 saturated carbocycles. The first-order valence-electron chi connectivity index (χ1n) is 8.90. The zero-order valence-electron chi connectivity index (χ0n) is 14.1. The number of hydrogen-bond acceptors (Lipinski definition) is 4. The molecule has 24 heavy (non-hydrogen) atoms. The molecule has 1 aromatic carbocycles. The molecule has 0 spiro atoms. The monoisotopic (exact) mass is 322 g/mol. The maximum absolute atomic E-state index is 4.64. The molecule has 0 bridgehead atoms. The van der Waals surface area contributed by atoms with Crippen LogP contribution in [0.15, 0.2) is 18.5 Å². The Bertz CT molecular complexity index is 906. The molecule has 6 nitrogen and oxygen atoms in total. The zero-order chi connectivity index (χ0) is 16.1. The third-order valence-electron chi connectivity index (χ3n) is 5.44. The van der Waals surface area contributed by atoms with E-state index >= 15 is 0 Å². The lowest BCUT2D eigenvalue weighted by molar-refractivity contribution is 0.503. The number of anilines is 1. The van der Waals surface area contributed by atoms with Crippen LogP contribution in [-0.4, -0.2) is 30.9 Å². The Morgan fingerprint density at radius 3 is 2.96 bits per heavy atom. The molecule has 3 aromatic rings. The molecule has 2 aliphatic heterocycles. The third-order valence-corrected chi connectivity index (χ3v) is 5.44. The first-order valence-corrected chi connectivity index (χ1v) is 8.90. The van der Waals surface area contributed by atoms with E-state index in [-0.39, 0.29) is 0 Å². The second kappa shape index (κ2) is 5.33. The molecule has 0 amide bonds. The standard InChI is InChI=1S/C18H22N6/c1-22-12-19-18-13-5-4-9-23(14(13)7-8-15(18)22)11-17-21-20-16-6-2-3-10-24(16)17/h7-8,12H,2-6,9-11H2,1H3. The first-order chi connectivity index (χ1) is 11.8. The minimum absolute atomic E-state index is 0.846. The minimum Gasteiger partial charge on any atom is -0.364 e. The lowest BCUT2D eigenvalue weighted by atomic mass is 10.00. The van der Waals surface area contributed by atoms with Crippen molar-refractivity contribution in [3.63, 3.8) is 0 Å². The van der Waals surface area contributed by atoms with Crippen LogP contribution in [0.5, 0.6) is 0 Å². The second-order valence-electron chi connectivity index (χ2n) is 6.95. The summed E-state index contributed by atoms with van der Waals surface area (Å²) in [5, 5.41) is 8.88. The van der Waals surface area contributed by atoms with E-state index in [1.807, 2.05) is 6.33 Å². The topological polar surface area (TPSA) is 51.8 Å². The molecule has 2 aromatic heterocycles. The summed E-state index contributed by atoms with van der Waals surface area (Å²) in [6.07, 6.45) is 7.74. The SMILES string of the molecule is Cn1cnc2c3c(ccc21)N(Cc1nnc2n1CCCC2)CCC3. The molecule has 2 aliphatic rings. The van der Waals surface area contributed by atoms with Crippen molar-refractivity contribution in [2.75, 3.05) is 11.4 Å². The normalized spacial score (nSPS) is 17.1. The van der Waals surface area contributed by atoms with E-state index in [9.17, 15) is 0 Å². The fourth-order valence-electron chi connectivity index (χ4n) is 4.18. The maximum Gasteiger partial charge on any atom is 0.152 e. The predicted octanol–water partition coefficient (Wildman–Crippen LogP) is 2.45. The van der Waals surface area contributed by atoms with Gasteiger partial charge in [0.1, 0.15) is 5.82 Å². The first kappa shape index (κ1) is 14.0. The second-order valence-corrected chi connectivity index (χ2v) is 6.95. The Hall–Kier alpha value is -2.37. The summed E-state index contributed by atoms with van der Waals surface area (Å²) in [5.41, 5.74) is 5.08. The van der Waals surface area contributed by atoms with Gasteiger partial charge in [-0.3, -0.25) is 0 Å². The van der Waals surface area contributed by atoms with Crippen molar-refractivity contribution in [3.05, 3.63) is 35.7 Å². The van der Waals surface area contributed by atoms with Crippen molar-refractivity contribution in [1.29, 1.82) is 0 Å². The highest BCUT2D eigenvalue weighted by atomic mass is 15.3. The number of rotatable bonds is 2. The van der Waals surface area contributed by atoms with Gasteiger partial charge in [0.2, 0.25) is 0 Å². The quantitative estimate of drug-likeness (QED) is 0.727. The van der Waals surface area contributed by atoms with Gasteiger partial charge in [-0.2, -0.15) is 0 Å². The molecular weight excluding hydrogens is 300 g/mol. The summed E-state index contributed by atoms with van der Waals surface area (Å²) >= 11 is 0. The lowest BCUT2D eigenvalue weighted by Gasteiger charge is -2.31. The van der Waals surface area contributed by atoms with Crippen LogP contribution in [0.2, 0.25) is 0 Å². The Labute approximate surface area is 141 Å². The molecule has 0 aliphatic carbocycles. The van der Waals surface area contributed by atoms with Crippen LogP contribution in [0.4, 0.5) is 5.69 Å². The fraction of sp³-hybridized carbons (Fsp3) is 0.500. The lowest BCUT2D eigenvalue weighted by Crippen LogP contribution is -2.30. The van der Waals surface area contributed by atoms with Crippen molar-refractivity contribution in [2.45, 2.75) is 45.2 Å². The van der Waals surface area contributed by atoms with Crippen molar-refractivity contribution >= 4 is 16.7 Å². The Morgan fingerprint density at radius 1 is 1.04 bits per heavy atom. The van der Waals surface area contributed by atoms with Gasteiger partial charge in [-0.1, -0.05) is 0 Å². The van der Waals surface area contributed by atoms with Gasteiger partial charge in [0.15, 0.2) is 5.82 Å². The molecule has 4 heterocycles. The van der Waals surface area contributed by atoms with Crippen LogP contribution < -0.4 is 4.90 Å². The summed E-state index contributed by atoms with van der Waals surface area (Å²) in [6, 6.07) is 4.45. The van der Waals surface area contributed by atoms with E-state index in [1.54, 1.807) is 0 Å². The van der Waals surface area contributed by atoms with Crippen LogP contribution in [0.1, 0.15) is 36.5 Å². The third kappa shape index (κ3) is 2.05. The van der Waals surface area contributed by atoms with E-state index in [0.717, 1.165) is 49.6 Å². The number of aromatic nitrogens is 5. The van der Waals surface area contributed by atoms with Crippen molar-refractivity contribution in [3.8, 4) is 0 Å². The number of benzene rings is 1. The number of nitrogens with zero attached hydrogens (tertiary/aromatic N) is 6. The van der Waals surface area contributed by atoms with Gasteiger partial charge < -0.3 is 14.0 Å². The van der Waals surface area contributed by atoms with E-state index in [1.165, 1.54) is 36.0 Å². The molecule has 124 valence electrons. The van der Waals surface area contributed by atoms with Crippen LogP contribution in [0.3, 0.4) is 0 Å². The van der Waals surface area contributed by atoms with Crippen LogP contribution in [-0.2, 0) is 33.0 Å². The Kier molecular flexibility index (Phi) is 3.11. The summed E-state index contributed by atoms with van der Waals surface area (Å²) in [7, 11) is 2.06. The largest absolute Gasteiger partial charge is 0.364 e. The van der Waals surface area contributed by atoms with Crippen molar-refractivity contribution < 1.29 is 0 Å². The Morgan fingerprint density at radius 2 is 2.00 bits per heavy atom. The molecule has 0 fully saturated rings. The summed E-state index contributed by atoms with van der Waals surface area (Å²) in [5.74, 6) is 2.27. The smallest absolute Gasteiger partial charge is 0.152 e. The molecule has 0 unspecified atom stereocenters. The number of fused-ring (bicyclic) bond motifs is 4. The van der Waals surface area contributed by atoms with Crippen LogP contribution >= 0.6 is 0 Å². The van der Waals surface area contributed by atoms with Gasteiger partial charge >= 0.3 is 0 Å². The number of aryl methyl sites for hydroxylation is 3. The maximum atomic E-state index is 4.64. The average molecular weight is 322 g/mol. The van der Waals surface area contributed by atoms with Gasteiger partial charge in [0, 0.05) is 37.8 Å².